The van der Waals surface area contributed by atoms with Crippen LogP contribution in [-0.4, -0.2) is 11.1 Å². The van der Waals surface area contributed by atoms with Gasteiger partial charge in [-0.15, -0.1) is 0 Å². The minimum absolute atomic E-state index is 0.0303. The molecule has 0 N–H and O–H groups in total. The van der Waals surface area contributed by atoms with Crippen molar-refractivity contribution in [3.8, 4) is 0 Å². The van der Waals surface area contributed by atoms with E-state index in [1.165, 1.54) is 6.07 Å². The number of halogens is 3. The van der Waals surface area contributed by atoms with Crippen LogP contribution in [0.2, 0.25) is 5.02 Å². The SMILES string of the molecule is O=C(CCBr)c1ccc(CF)cc1Cl. The van der Waals surface area contributed by atoms with Crippen LogP contribution in [0.1, 0.15) is 22.3 Å². The Bertz CT molecular complexity index is 341. The first kappa shape index (κ1) is 11.7. The summed E-state index contributed by atoms with van der Waals surface area (Å²) in [6.45, 7) is -0.563. The number of rotatable bonds is 4. The van der Waals surface area contributed by atoms with E-state index in [4.69, 9.17) is 11.6 Å². The van der Waals surface area contributed by atoms with Crippen LogP contribution in [0.3, 0.4) is 0 Å². The molecule has 0 aliphatic carbocycles. The van der Waals surface area contributed by atoms with Gasteiger partial charge in [0.1, 0.15) is 6.67 Å². The Morgan fingerprint density at radius 3 is 2.71 bits per heavy atom. The molecule has 0 saturated carbocycles. The molecular weight excluding hydrogens is 270 g/mol. The van der Waals surface area contributed by atoms with Gasteiger partial charge in [0.05, 0.1) is 5.02 Å². The van der Waals surface area contributed by atoms with Crippen molar-refractivity contribution in [1.29, 1.82) is 0 Å². The van der Waals surface area contributed by atoms with Crippen molar-refractivity contribution in [2.45, 2.75) is 13.1 Å². The Labute approximate surface area is 95.4 Å². The van der Waals surface area contributed by atoms with Gasteiger partial charge in [-0.3, -0.25) is 4.79 Å². The zero-order valence-corrected chi connectivity index (χ0v) is 9.74. The number of Topliss-reactive ketones (excluding diaryl/α,β-unsaturated/α-hetero) is 1. The van der Waals surface area contributed by atoms with Gasteiger partial charge in [0.15, 0.2) is 5.78 Å². The molecule has 76 valence electrons. The average molecular weight is 280 g/mol. The Morgan fingerprint density at radius 1 is 1.50 bits per heavy atom. The Kier molecular flexibility index (Phi) is 4.55. The highest BCUT2D eigenvalue weighted by Gasteiger charge is 2.09. The van der Waals surface area contributed by atoms with Crippen molar-refractivity contribution in [2.75, 3.05) is 5.33 Å². The summed E-state index contributed by atoms with van der Waals surface area (Å²) in [5, 5.41) is 0.929. The lowest BCUT2D eigenvalue weighted by atomic mass is 10.1. The van der Waals surface area contributed by atoms with Gasteiger partial charge in [-0.25, -0.2) is 4.39 Å². The van der Waals surface area contributed by atoms with Crippen LogP contribution in [0, 0.1) is 0 Å². The van der Waals surface area contributed by atoms with Crippen LogP contribution in [0.4, 0.5) is 4.39 Å². The van der Waals surface area contributed by atoms with Gasteiger partial charge in [-0.05, 0) is 17.7 Å². The van der Waals surface area contributed by atoms with Crippen LogP contribution in [0.25, 0.3) is 0 Å². The van der Waals surface area contributed by atoms with Gasteiger partial charge in [0, 0.05) is 17.3 Å². The maximum absolute atomic E-state index is 12.2. The average Bonchev–Trinajstić information content (AvgIpc) is 2.17. The smallest absolute Gasteiger partial charge is 0.165 e. The van der Waals surface area contributed by atoms with E-state index < -0.39 is 6.67 Å². The fourth-order valence-corrected chi connectivity index (χ4v) is 1.76. The fourth-order valence-electron chi connectivity index (χ4n) is 1.09. The molecule has 0 spiro atoms. The molecule has 0 atom stereocenters. The molecule has 0 aliphatic rings. The predicted molar refractivity (Wildman–Crippen MR) is 59.0 cm³/mol. The van der Waals surface area contributed by atoms with E-state index in [0.717, 1.165) is 0 Å². The maximum Gasteiger partial charge on any atom is 0.165 e. The molecule has 0 unspecified atom stereocenters. The molecule has 0 aliphatic heterocycles. The quantitative estimate of drug-likeness (QED) is 0.605. The van der Waals surface area contributed by atoms with Gasteiger partial charge in [0.25, 0.3) is 0 Å². The third-order valence-electron chi connectivity index (χ3n) is 1.81. The van der Waals surface area contributed by atoms with Crippen LogP contribution in [0.5, 0.6) is 0 Å². The van der Waals surface area contributed by atoms with Crippen molar-refractivity contribution >= 4 is 33.3 Å². The molecule has 1 aromatic rings. The molecule has 0 radical (unpaired) electrons. The first-order chi connectivity index (χ1) is 6.69. The fraction of sp³-hybridized carbons (Fsp3) is 0.300. The molecule has 14 heavy (non-hydrogen) atoms. The van der Waals surface area contributed by atoms with Crippen molar-refractivity contribution < 1.29 is 9.18 Å². The van der Waals surface area contributed by atoms with E-state index in [1.807, 2.05) is 0 Å². The molecule has 0 fully saturated rings. The highest BCUT2D eigenvalue weighted by atomic mass is 79.9. The minimum Gasteiger partial charge on any atom is -0.294 e. The van der Waals surface area contributed by atoms with Crippen LogP contribution < -0.4 is 0 Å². The van der Waals surface area contributed by atoms with Crippen LogP contribution >= 0.6 is 27.5 Å². The second-order valence-electron chi connectivity index (χ2n) is 2.81. The maximum atomic E-state index is 12.2. The zero-order chi connectivity index (χ0) is 10.6. The summed E-state index contributed by atoms with van der Waals surface area (Å²) in [6, 6.07) is 4.64. The van der Waals surface area contributed by atoms with Gasteiger partial charge in [-0.1, -0.05) is 33.6 Å². The molecule has 1 rings (SSSR count). The van der Waals surface area contributed by atoms with Gasteiger partial charge in [-0.2, -0.15) is 0 Å². The third-order valence-corrected chi connectivity index (χ3v) is 2.52. The van der Waals surface area contributed by atoms with E-state index in [9.17, 15) is 9.18 Å². The number of ketones is 1. The summed E-state index contributed by atoms with van der Waals surface area (Å²) >= 11 is 9.01. The topological polar surface area (TPSA) is 17.1 Å². The minimum atomic E-state index is -0.563. The molecule has 4 heteroatoms. The highest BCUT2D eigenvalue weighted by Crippen LogP contribution is 2.20. The van der Waals surface area contributed by atoms with Crippen molar-refractivity contribution in [3.05, 3.63) is 34.3 Å². The van der Waals surface area contributed by atoms with Crippen molar-refractivity contribution in [3.63, 3.8) is 0 Å². The molecule has 1 aromatic carbocycles. The summed E-state index contributed by atoms with van der Waals surface area (Å²) in [4.78, 5) is 11.5. The van der Waals surface area contributed by atoms with Gasteiger partial charge >= 0.3 is 0 Å². The van der Waals surface area contributed by atoms with E-state index >= 15 is 0 Å². The van der Waals surface area contributed by atoms with Crippen molar-refractivity contribution in [2.24, 2.45) is 0 Å². The summed E-state index contributed by atoms with van der Waals surface area (Å²) < 4.78 is 12.2. The van der Waals surface area contributed by atoms with Crippen LogP contribution in [0.15, 0.2) is 18.2 Å². The first-order valence-electron chi connectivity index (χ1n) is 4.12. The Morgan fingerprint density at radius 2 is 2.21 bits per heavy atom. The monoisotopic (exact) mass is 278 g/mol. The summed E-state index contributed by atoms with van der Waals surface area (Å²) in [5.41, 5.74) is 0.953. The molecule has 1 nitrogen and oxygen atoms in total. The number of alkyl halides is 2. The van der Waals surface area contributed by atoms with E-state index in [2.05, 4.69) is 15.9 Å². The van der Waals surface area contributed by atoms with E-state index in [-0.39, 0.29) is 5.78 Å². The van der Waals surface area contributed by atoms with E-state index in [1.54, 1.807) is 12.1 Å². The second-order valence-corrected chi connectivity index (χ2v) is 4.01. The molecule has 0 bridgehead atoms. The molecule has 0 heterocycles. The van der Waals surface area contributed by atoms with E-state index in [0.29, 0.717) is 27.9 Å². The zero-order valence-electron chi connectivity index (χ0n) is 7.40. The number of carbonyl (C=O) groups is 1. The lowest BCUT2D eigenvalue weighted by molar-refractivity contribution is 0.0990. The molecule has 0 aromatic heterocycles. The normalized spacial score (nSPS) is 10.2. The summed E-state index contributed by atoms with van der Waals surface area (Å²) in [6.07, 6.45) is 0.398. The molecular formula is C10H9BrClFO. The highest BCUT2D eigenvalue weighted by molar-refractivity contribution is 9.09. The van der Waals surface area contributed by atoms with Gasteiger partial charge in [0.2, 0.25) is 0 Å². The van der Waals surface area contributed by atoms with Crippen LogP contribution in [-0.2, 0) is 6.67 Å². The second kappa shape index (κ2) is 5.47. The summed E-state index contributed by atoms with van der Waals surface area (Å²) in [5.74, 6) is -0.0303. The number of hydrogen-bond donors (Lipinski definition) is 0. The first-order valence-corrected chi connectivity index (χ1v) is 5.62. The summed E-state index contributed by atoms with van der Waals surface area (Å²) in [7, 11) is 0. The molecule has 0 amide bonds. The predicted octanol–water partition coefficient (Wildman–Crippen LogP) is 3.78. The molecule has 0 saturated heterocycles. The largest absolute Gasteiger partial charge is 0.294 e. The Hall–Kier alpha value is -0.410. The number of hydrogen-bond acceptors (Lipinski definition) is 1. The number of carbonyl (C=O) groups excluding carboxylic acids is 1. The lowest BCUT2D eigenvalue weighted by Crippen LogP contribution is -2.00. The lowest BCUT2D eigenvalue weighted by Gasteiger charge is -2.03. The standard InChI is InChI=1S/C10H9BrClFO/c11-4-3-10(14)8-2-1-7(6-13)5-9(8)12/h1-2,5H,3-4,6H2. The number of benzene rings is 1. The Balaban J connectivity index is 2.94. The third kappa shape index (κ3) is 2.79. The van der Waals surface area contributed by atoms with Crippen molar-refractivity contribution in [1.82, 2.24) is 0 Å². The van der Waals surface area contributed by atoms with Gasteiger partial charge < -0.3 is 0 Å².